The number of aromatic nitrogens is 2. The molecule has 0 amide bonds. The third-order valence-electron chi connectivity index (χ3n) is 14.1. The van der Waals surface area contributed by atoms with E-state index in [2.05, 4.69) is 159 Å². The predicted molar refractivity (Wildman–Crippen MR) is 245 cm³/mol. The van der Waals surface area contributed by atoms with Gasteiger partial charge in [-0.2, -0.15) is 0 Å². The van der Waals surface area contributed by atoms with Crippen molar-refractivity contribution in [2.75, 3.05) is 0 Å². The van der Waals surface area contributed by atoms with E-state index >= 15 is 0 Å². The van der Waals surface area contributed by atoms with Crippen LogP contribution < -0.4 is 0 Å². The molecule has 0 atom stereocenters. The highest BCUT2D eigenvalue weighted by Gasteiger charge is 2.46. The second kappa shape index (κ2) is 12.1. The number of nitrogens with zero attached hydrogens (tertiary/aromatic N) is 2. The summed E-state index contributed by atoms with van der Waals surface area (Å²) in [7, 11) is 0. The molecule has 0 aliphatic heterocycles. The van der Waals surface area contributed by atoms with Gasteiger partial charge in [0.1, 0.15) is 16.0 Å². The Kier molecular flexibility index (Phi) is 6.89. The summed E-state index contributed by atoms with van der Waals surface area (Å²) in [5.41, 5.74) is 18.8. The molecule has 0 unspecified atom stereocenters. The van der Waals surface area contributed by atoms with E-state index in [0.29, 0.717) is 5.82 Å². The molecule has 3 aliphatic rings. The third-order valence-corrected chi connectivity index (χ3v) is 15.2. The molecule has 1 fully saturated rings. The smallest absolute Gasteiger partial charge is 0.165 e. The molecule has 0 N–H and O–H groups in total. The molecule has 59 heavy (non-hydrogen) atoms. The molecule has 1 saturated carbocycles. The lowest BCUT2D eigenvalue weighted by molar-refractivity contribution is 0.353. The summed E-state index contributed by atoms with van der Waals surface area (Å²) in [5.74, 6) is 0.682. The lowest BCUT2D eigenvalue weighted by Crippen LogP contribution is -2.28. The zero-order chi connectivity index (χ0) is 39.0. The minimum Gasteiger partial charge on any atom is -0.455 e. The van der Waals surface area contributed by atoms with Crippen LogP contribution in [-0.4, -0.2) is 9.97 Å². The summed E-state index contributed by atoms with van der Waals surface area (Å²) in [6.07, 6.45) is 6.26. The number of thiophene rings is 1. The molecule has 4 heteroatoms. The van der Waals surface area contributed by atoms with Crippen LogP contribution in [0.15, 0.2) is 150 Å². The summed E-state index contributed by atoms with van der Waals surface area (Å²) in [6, 6.07) is 53.7. The van der Waals surface area contributed by atoms with Crippen LogP contribution in [0.25, 0.3) is 98.3 Å². The largest absolute Gasteiger partial charge is 0.455 e. The van der Waals surface area contributed by atoms with Gasteiger partial charge in [-0.15, -0.1) is 11.3 Å². The number of para-hydroxylation sites is 1. The van der Waals surface area contributed by atoms with Gasteiger partial charge < -0.3 is 4.42 Å². The van der Waals surface area contributed by atoms with Crippen LogP contribution >= 0.6 is 11.3 Å². The van der Waals surface area contributed by atoms with E-state index in [9.17, 15) is 0 Å². The number of hydrogen-bond donors (Lipinski definition) is 0. The molecule has 13 rings (SSSR count). The van der Waals surface area contributed by atoms with Gasteiger partial charge in [-0.05, 0) is 111 Å². The van der Waals surface area contributed by atoms with Crippen molar-refractivity contribution in [1.29, 1.82) is 0 Å². The Morgan fingerprint density at radius 3 is 2.10 bits per heavy atom. The fourth-order valence-electron chi connectivity index (χ4n) is 11.3. The number of fused-ring (bicyclic) bond motifs is 14. The number of rotatable bonds is 3. The summed E-state index contributed by atoms with van der Waals surface area (Å²) in [4.78, 5) is 11.5. The third kappa shape index (κ3) is 4.64. The minimum atomic E-state index is -0.0201. The van der Waals surface area contributed by atoms with Gasteiger partial charge in [0, 0.05) is 42.6 Å². The van der Waals surface area contributed by atoms with Crippen LogP contribution in [0.1, 0.15) is 68.2 Å². The molecule has 0 bridgehead atoms. The van der Waals surface area contributed by atoms with Crippen molar-refractivity contribution in [2.45, 2.75) is 56.8 Å². The van der Waals surface area contributed by atoms with Crippen LogP contribution in [0, 0.1) is 0 Å². The van der Waals surface area contributed by atoms with E-state index in [1.54, 1.807) is 16.9 Å². The fraction of sp³-hybridized carbons (Fsp3) is 0.164. The quantitative estimate of drug-likeness (QED) is 0.179. The Morgan fingerprint density at radius 1 is 0.508 bits per heavy atom. The van der Waals surface area contributed by atoms with Crippen molar-refractivity contribution in [3.8, 4) is 56.0 Å². The zero-order valence-corrected chi connectivity index (χ0v) is 33.9. The molecule has 3 heterocycles. The molecule has 7 aromatic carbocycles. The Balaban J connectivity index is 0.948. The maximum atomic E-state index is 6.76. The Hall–Kier alpha value is -6.36. The van der Waals surface area contributed by atoms with Crippen LogP contribution in [-0.2, 0) is 10.8 Å². The Labute approximate surface area is 347 Å². The van der Waals surface area contributed by atoms with Crippen molar-refractivity contribution in [2.24, 2.45) is 0 Å². The van der Waals surface area contributed by atoms with Crippen molar-refractivity contribution in [3.05, 3.63) is 168 Å². The van der Waals surface area contributed by atoms with Gasteiger partial charge in [-0.3, -0.25) is 0 Å². The standard InChI is InChI=1S/C55H40N2OS/c1-54(2)43-20-9-7-16-35(43)40-31-46-41(30-44(40)54)36-24-22-34(29-45(36)55(46)26-11-4-12-27-55)33-23-25-47-42(28-33)37-18-13-19-39(51(37)58-47)52-56-50(32-14-5-3-6-15-32)49-38-17-8-10-21-48(38)59-53(49)57-52/h3,5-10,13-25,28-31H,4,11-12,26-27H2,1-2H3. The van der Waals surface area contributed by atoms with Gasteiger partial charge in [0.25, 0.3) is 0 Å². The lowest BCUT2D eigenvalue weighted by atomic mass is 9.67. The predicted octanol–water partition coefficient (Wildman–Crippen LogP) is 15.3. The molecule has 3 aromatic heterocycles. The highest BCUT2D eigenvalue weighted by atomic mass is 32.1. The topological polar surface area (TPSA) is 38.9 Å². The minimum absolute atomic E-state index is 0.0201. The first-order valence-corrected chi connectivity index (χ1v) is 21.9. The average Bonchev–Trinajstić information content (AvgIpc) is 3.99. The molecule has 0 radical (unpaired) electrons. The van der Waals surface area contributed by atoms with E-state index in [1.807, 2.05) is 0 Å². The average molecular weight is 777 g/mol. The summed E-state index contributed by atoms with van der Waals surface area (Å²) < 4.78 is 7.97. The van der Waals surface area contributed by atoms with Crippen LogP contribution in [0.2, 0.25) is 0 Å². The van der Waals surface area contributed by atoms with Crippen molar-refractivity contribution >= 4 is 53.6 Å². The summed E-state index contributed by atoms with van der Waals surface area (Å²) >= 11 is 1.72. The van der Waals surface area contributed by atoms with Gasteiger partial charge in [-0.1, -0.05) is 136 Å². The van der Waals surface area contributed by atoms with Crippen molar-refractivity contribution in [3.63, 3.8) is 0 Å². The maximum absolute atomic E-state index is 6.76. The lowest BCUT2D eigenvalue weighted by Gasteiger charge is -2.36. The first kappa shape index (κ1) is 33.6. The van der Waals surface area contributed by atoms with Crippen LogP contribution in [0.3, 0.4) is 0 Å². The van der Waals surface area contributed by atoms with Crippen molar-refractivity contribution in [1.82, 2.24) is 9.97 Å². The van der Waals surface area contributed by atoms with Gasteiger partial charge in [0.05, 0.1) is 11.3 Å². The monoisotopic (exact) mass is 776 g/mol. The molecule has 3 nitrogen and oxygen atoms in total. The van der Waals surface area contributed by atoms with Crippen LogP contribution in [0.4, 0.5) is 0 Å². The molecule has 282 valence electrons. The van der Waals surface area contributed by atoms with E-state index < -0.39 is 0 Å². The molecular formula is C55H40N2OS. The van der Waals surface area contributed by atoms with Gasteiger partial charge in [0.15, 0.2) is 5.82 Å². The van der Waals surface area contributed by atoms with Gasteiger partial charge in [0.2, 0.25) is 0 Å². The van der Waals surface area contributed by atoms with E-state index in [4.69, 9.17) is 14.4 Å². The van der Waals surface area contributed by atoms with E-state index in [-0.39, 0.29) is 10.8 Å². The first-order valence-electron chi connectivity index (χ1n) is 21.1. The van der Waals surface area contributed by atoms with E-state index in [0.717, 1.165) is 49.0 Å². The second-order valence-corrected chi connectivity index (χ2v) is 18.6. The number of hydrogen-bond acceptors (Lipinski definition) is 4. The Bertz CT molecular complexity index is 3400. The molecule has 10 aromatic rings. The van der Waals surface area contributed by atoms with E-state index in [1.165, 1.54) is 92.3 Å². The summed E-state index contributed by atoms with van der Waals surface area (Å²) in [6.45, 7) is 4.80. The van der Waals surface area contributed by atoms with Gasteiger partial charge >= 0.3 is 0 Å². The highest BCUT2D eigenvalue weighted by Crippen LogP contribution is 2.60. The van der Waals surface area contributed by atoms with Gasteiger partial charge in [-0.25, -0.2) is 9.97 Å². The first-order chi connectivity index (χ1) is 29.0. The molecule has 0 saturated heterocycles. The second-order valence-electron chi connectivity index (χ2n) is 17.6. The normalized spacial score (nSPS) is 15.9. The van der Waals surface area contributed by atoms with Crippen LogP contribution in [0.5, 0.6) is 0 Å². The van der Waals surface area contributed by atoms with Crippen molar-refractivity contribution < 1.29 is 4.42 Å². The zero-order valence-electron chi connectivity index (χ0n) is 33.1. The highest BCUT2D eigenvalue weighted by molar-refractivity contribution is 7.25. The maximum Gasteiger partial charge on any atom is 0.165 e. The molecule has 3 aliphatic carbocycles. The summed E-state index contributed by atoms with van der Waals surface area (Å²) in [5, 5.41) is 4.48. The molecule has 1 spiro atoms. The fourth-order valence-corrected chi connectivity index (χ4v) is 12.3. The molecular weight excluding hydrogens is 737 g/mol. The number of furan rings is 1. The SMILES string of the molecule is CC1(C)c2ccccc2-c2cc3c(cc21)-c1ccc(-c2ccc4oc5c(-c6nc(-c7ccccc7)c7c(n6)sc6ccccc67)cccc5c4c2)cc1C31CCCCC1. The Morgan fingerprint density at radius 2 is 1.20 bits per heavy atom. The number of benzene rings is 7.